The summed E-state index contributed by atoms with van der Waals surface area (Å²) in [5.74, 6) is 0.612. The summed E-state index contributed by atoms with van der Waals surface area (Å²) in [7, 11) is 2.06. The lowest BCUT2D eigenvalue weighted by molar-refractivity contribution is -0.120. The van der Waals surface area contributed by atoms with E-state index in [2.05, 4.69) is 24.2 Å². The fraction of sp³-hybridized carbons (Fsp3) is 0.909. The maximum Gasteiger partial charge on any atom is 0.235 e. The molecule has 0 aliphatic heterocycles. The average molecular weight is 213 g/mol. The molecule has 1 amide bonds. The number of hydrogen-bond acceptors (Lipinski definition) is 3. The summed E-state index contributed by atoms with van der Waals surface area (Å²) in [5, 5.41) is 3.18. The smallest absolute Gasteiger partial charge is 0.235 e. The van der Waals surface area contributed by atoms with E-state index in [1.54, 1.807) is 0 Å². The highest BCUT2D eigenvalue weighted by Crippen LogP contribution is 2.29. The van der Waals surface area contributed by atoms with Crippen LogP contribution in [-0.2, 0) is 4.79 Å². The minimum Gasteiger partial charge on any atom is -0.368 e. The van der Waals surface area contributed by atoms with Gasteiger partial charge in [-0.1, -0.05) is 6.92 Å². The van der Waals surface area contributed by atoms with Gasteiger partial charge in [0.25, 0.3) is 0 Å². The molecule has 0 aromatic carbocycles. The van der Waals surface area contributed by atoms with Gasteiger partial charge >= 0.3 is 0 Å². The van der Waals surface area contributed by atoms with E-state index in [0.29, 0.717) is 0 Å². The van der Waals surface area contributed by atoms with Crippen LogP contribution >= 0.6 is 0 Å². The van der Waals surface area contributed by atoms with Gasteiger partial charge in [-0.3, -0.25) is 4.79 Å². The van der Waals surface area contributed by atoms with Gasteiger partial charge in [-0.15, -0.1) is 0 Å². The van der Waals surface area contributed by atoms with E-state index in [9.17, 15) is 4.79 Å². The number of primary amides is 1. The third-order valence-electron chi connectivity index (χ3n) is 2.75. The Morgan fingerprint density at radius 1 is 1.60 bits per heavy atom. The summed E-state index contributed by atoms with van der Waals surface area (Å²) in [6, 6.07) is -0.200. The van der Waals surface area contributed by atoms with Gasteiger partial charge in [0.15, 0.2) is 0 Å². The van der Waals surface area contributed by atoms with Crippen LogP contribution < -0.4 is 11.1 Å². The number of nitrogens with zero attached hydrogens (tertiary/aromatic N) is 1. The van der Waals surface area contributed by atoms with E-state index >= 15 is 0 Å². The SMILES string of the molecule is CCCNC(CN(C)CC1CC1)C(N)=O. The van der Waals surface area contributed by atoms with Crippen molar-refractivity contribution in [2.75, 3.05) is 26.7 Å². The number of nitrogens with one attached hydrogen (secondary N) is 1. The zero-order valence-electron chi connectivity index (χ0n) is 9.83. The largest absolute Gasteiger partial charge is 0.368 e. The summed E-state index contributed by atoms with van der Waals surface area (Å²) in [6.45, 7) is 4.76. The van der Waals surface area contributed by atoms with Gasteiger partial charge in [0.2, 0.25) is 5.91 Å². The summed E-state index contributed by atoms with van der Waals surface area (Å²) >= 11 is 0. The molecule has 0 spiro atoms. The minimum absolute atomic E-state index is 0.200. The Morgan fingerprint density at radius 2 is 2.27 bits per heavy atom. The normalized spacial score (nSPS) is 18.1. The van der Waals surface area contributed by atoms with Crippen molar-refractivity contribution in [2.24, 2.45) is 11.7 Å². The Bertz CT molecular complexity index is 204. The van der Waals surface area contributed by atoms with Crippen LogP contribution in [-0.4, -0.2) is 43.5 Å². The molecule has 1 aliphatic rings. The molecule has 0 aromatic rings. The van der Waals surface area contributed by atoms with Crippen LogP contribution in [0.4, 0.5) is 0 Å². The molecule has 0 aromatic heterocycles. The summed E-state index contributed by atoms with van der Waals surface area (Å²) in [5.41, 5.74) is 5.34. The molecule has 4 nitrogen and oxygen atoms in total. The maximum atomic E-state index is 11.2. The Balaban J connectivity index is 2.24. The van der Waals surface area contributed by atoms with Crippen LogP contribution in [0.5, 0.6) is 0 Å². The molecule has 15 heavy (non-hydrogen) atoms. The van der Waals surface area contributed by atoms with Gasteiger partial charge in [0.05, 0.1) is 6.04 Å². The molecule has 1 unspecified atom stereocenters. The highest BCUT2D eigenvalue weighted by molar-refractivity contribution is 5.80. The number of rotatable bonds is 8. The molecular formula is C11H23N3O. The Kier molecular flexibility index (Phi) is 5.05. The van der Waals surface area contributed by atoms with Crippen molar-refractivity contribution in [1.82, 2.24) is 10.2 Å². The molecule has 0 saturated heterocycles. The predicted octanol–water partition coefficient (Wildman–Crippen LogP) is 0.182. The summed E-state index contributed by atoms with van der Waals surface area (Å²) in [6.07, 6.45) is 3.71. The second kappa shape index (κ2) is 6.08. The van der Waals surface area contributed by atoms with Gasteiger partial charge in [-0.25, -0.2) is 0 Å². The molecule has 4 heteroatoms. The minimum atomic E-state index is -0.244. The second-order valence-electron chi connectivity index (χ2n) is 4.57. The molecule has 0 heterocycles. The van der Waals surface area contributed by atoms with Crippen molar-refractivity contribution >= 4 is 5.91 Å². The van der Waals surface area contributed by atoms with Crippen molar-refractivity contribution in [2.45, 2.75) is 32.2 Å². The van der Waals surface area contributed by atoms with E-state index in [0.717, 1.165) is 32.0 Å². The van der Waals surface area contributed by atoms with Crippen molar-refractivity contribution in [1.29, 1.82) is 0 Å². The first kappa shape index (κ1) is 12.5. The van der Waals surface area contributed by atoms with E-state index < -0.39 is 0 Å². The topological polar surface area (TPSA) is 58.4 Å². The third kappa shape index (κ3) is 5.14. The van der Waals surface area contributed by atoms with Crippen molar-refractivity contribution < 1.29 is 4.79 Å². The third-order valence-corrected chi connectivity index (χ3v) is 2.75. The number of hydrogen-bond donors (Lipinski definition) is 2. The average Bonchev–Trinajstić information content (AvgIpc) is 2.95. The first-order valence-electron chi connectivity index (χ1n) is 5.84. The van der Waals surface area contributed by atoms with Crippen LogP contribution in [0.3, 0.4) is 0 Å². The highest BCUT2D eigenvalue weighted by atomic mass is 16.1. The Hall–Kier alpha value is -0.610. The lowest BCUT2D eigenvalue weighted by atomic mass is 10.2. The highest BCUT2D eigenvalue weighted by Gasteiger charge is 2.24. The molecule has 1 atom stereocenters. The number of likely N-dealkylation sites (N-methyl/N-ethyl adjacent to an activating group) is 1. The molecular weight excluding hydrogens is 190 g/mol. The quantitative estimate of drug-likeness (QED) is 0.605. The first-order valence-corrected chi connectivity index (χ1v) is 5.84. The number of carbonyl (C=O) groups is 1. The molecule has 0 radical (unpaired) electrons. The summed E-state index contributed by atoms with van der Waals surface area (Å²) < 4.78 is 0. The molecule has 1 rings (SSSR count). The standard InChI is InChI=1S/C11H23N3O/c1-3-6-13-10(11(12)15)8-14(2)7-9-4-5-9/h9-10,13H,3-8H2,1-2H3,(H2,12,15). The Labute approximate surface area is 92.2 Å². The summed E-state index contributed by atoms with van der Waals surface area (Å²) in [4.78, 5) is 13.4. The molecule has 3 N–H and O–H groups in total. The van der Waals surface area contributed by atoms with Crippen molar-refractivity contribution in [3.05, 3.63) is 0 Å². The fourth-order valence-electron chi connectivity index (χ4n) is 1.70. The molecule has 1 aliphatic carbocycles. The fourth-order valence-corrected chi connectivity index (χ4v) is 1.70. The number of nitrogens with two attached hydrogens (primary N) is 1. The van der Waals surface area contributed by atoms with Gasteiger partial charge in [-0.05, 0) is 38.8 Å². The van der Waals surface area contributed by atoms with Crippen LogP contribution in [0.1, 0.15) is 26.2 Å². The van der Waals surface area contributed by atoms with E-state index in [4.69, 9.17) is 5.73 Å². The van der Waals surface area contributed by atoms with Gasteiger partial charge in [-0.2, -0.15) is 0 Å². The van der Waals surface area contributed by atoms with E-state index in [-0.39, 0.29) is 11.9 Å². The predicted molar refractivity (Wildman–Crippen MR) is 61.5 cm³/mol. The van der Waals surface area contributed by atoms with Crippen LogP contribution in [0.15, 0.2) is 0 Å². The van der Waals surface area contributed by atoms with Crippen LogP contribution in [0.2, 0.25) is 0 Å². The van der Waals surface area contributed by atoms with Gasteiger partial charge in [0, 0.05) is 13.1 Å². The number of carbonyl (C=O) groups excluding carboxylic acids is 1. The van der Waals surface area contributed by atoms with E-state index in [1.807, 2.05) is 0 Å². The van der Waals surface area contributed by atoms with Crippen molar-refractivity contribution in [3.8, 4) is 0 Å². The second-order valence-corrected chi connectivity index (χ2v) is 4.57. The molecule has 1 saturated carbocycles. The zero-order chi connectivity index (χ0) is 11.3. The first-order chi connectivity index (χ1) is 7.13. The van der Waals surface area contributed by atoms with Crippen molar-refractivity contribution in [3.63, 3.8) is 0 Å². The monoisotopic (exact) mass is 213 g/mol. The van der Waals surface area contributed by atoms with Crippen LogP contribution in [0.25, 0.3) is 0 Å². The van der Waals surface area contributed by atoms with Crippen LogP contribution in [0, 0.1) is 5.92 Å². The van der Waals surface area contributed by atoms with Gasteiger partial charge in [0.1, 0.15) is 0 Å². The van der Waals surface area contributed by atoms with E-state index in [1.165, 1.54) is 12.8 Å². The number of amides is 1. The molecule has 0 bridgehead atoms. The zero-order valence-corrected chi connectivity index (χ0v) is 9.83. The lowest BCUT2D eigenvalue weighted by Gasteiger charge is -2.22. The lowest BCUT2D eigenvalue weighted by Crippen LogP contribution is -2.48. The molecule has 88 valence electrons. The molecule has 1 fully saturated rings. The maximum absolute atomic E-state index is 11.2. The Morgan fingerprint density at radius 3 is 2.73 bits per heavy atom. The van der Waals surface area contributed by atoms with Gasteiger partial charge < -0.3 is 16.0 Å².